The van der Waals surface area contributed by atoms with E-state index in [4.69, 9.17) is 18.6 Å². The maximum absolute atomic E-state index is 13.2. The molecule has 2 aliphatic rings. The lowest BCUT2D eigenvalue weighted by Crippen LogP contribution is -2.62. The maximum atomic E-state index is 13.2. The number of rotatable bonds is 6. The van der Waals surface area contributed by atoms with Crippen molar-refractivity contribution >= 4 is 11.0 Å². The first kappa shape index (κ1) is 30.9. The van der Waals surface area contributed by atoms with Crippen LogP contribution < -0.4 is 5.43 Å². The lowest BCUT2D eigenvalue weighted by Gasteiger charge is -2.46. The van der Waals surface area contributed by atoms with Crippen LogP contribution in [0.3, 0.4) is 0 Å². The number of phenolic OH excluding ortho intramolecular Hbond substituents is 4. The van der Waals surface area contributed by atoms with Crippen LogP contribution >= 0.6 is 0 Å². The highest BCUT2D eigenvalue weighted by atomic mass is 16.7. The van der Waals surface area contributed by atoms with Gasteiger partial charge < -0.3 is 74.8 Å². The first-order chi connectivity index (χ1) is 20.4. The zero-order valence-electron chi connectivity index (χ0n) is 22.0. The highest BCUT2D eigenvalue weighted by Gasteiger charge is 2.52. The summed E-state index contributed by atoms with van der Waals surface area (Å²) in [6, 6.07) is 5.51. The van der Waals surface area contributed by atoms with Crippen LogP contribution in [0.25, 0.3) is 22.3 Å². The van der Waals surface area contributed by atoms with Crippen molar-refractivity contribution in [1.82, 2.24) is 0 Å². The Labute approximate surface area is 241 Å². The van der Waals surface area contributed by atoms with Crippen LogP contribution in [0.2, 0.25) is 0 Å². The number of aliphatic hydroxyl groups is 7. The molecule has 0 bridgehead atoms. The molecule has 10 atom stereocenters. The molecule has 16 heteroatoms. The van der Waals surface area contributed by atoms with Gasteiger partial charge in [0.15, 0.2) is 23.2 Å². The Kier molecular flexibility index (Phi) is 8.52. The van der Waals surface area contributed by atoms with Gasteiger partial charge in [0.25, 0.3) is 0 Å². The molecule has 1 aromatic heterocycles. The molecular weight excluding hydrogens is 580 g/mol. The van der Waals surface area contributed by atoms with E-state index in [-0.39, 0.29) is 16.9 Å². The van der Waals surface area contributed by atoms with Crippen molar-refractivity contribution in [2.75, 3.05) is 13.2 Å². The number of aromatic hydroxyl groups is 4. The van der Waals surface area contributed by atoms with E-state index in [0.717, 1.165) is 24.3 Å². The largest absolute Gasteiger partial charge is 0.507 e. The van der Waals surface area contributed by atoms with Gasteiger partial charge in [-0.1, -0.05) is 0 Å². The second kappa shape index (κ2) is 11.9. The summed E-state index contributed by atoms with van der Waals surface area (Å²) in [5.74, 6) is -2.67. The molecule has 5 rings (SSSR count). The van der Waals surface area contributed by atoms with Gasteiger partial charge in [0.2, 0.25) is 0 Å². The lowest BCUT2D eigenvalue weighted by molar-refractivity contribution is -0.342. The van der Waals surface area contributed by atoms with Crippen molar-refractivity contribution in [2.24, 2.45) is 0 Å². The van der Waals surface area contributed by atoms with E-state index in [1.54, 1.807) is 0 Å². The van der Waals surface area contributed by atoms with Crippen molar-refractivity contribution < 1.29 is 74.8 Å². The van der Waals surface area contributed by atoms with Crippen LogP contribution in [0, 0.1) is 0 Å². The Morgan fingerprint density at radius 2 is 1.37 bits per heavy atom. The Morgan fingerprint density at radius 3 is 2.02 bits per heavy atom. The minimum absolute atomic E-state index is 0.101. The average molecular weight is 611 g/mol. The minimum atomic E-state index is -1.95. The molecular formula is C27H30O16. The molecule has 3 aromatic rings. The van der Waals surface area contributed by atoms with E-state index in [2.05, 4.69) is 0 Å². The third-order valence-electron chi connectivity index (χ3n) is 7.56. The molecule has 0 spiro atoms. The summed E-state index contributed by atoms with van der Waals surface area (Å²) >= 11 is 0. The quantitative estimate of drug-likeness (QED) is 0.130. The van der Waals surface area contributed by atoms with Crippen LogP contribution in [0.15, 0.2) is 39.5 Å². The highest BCUT2D eigenvalue weighted by Crippen LogP contribution is 2.46. The monoisotopic (exact) mass is 610 g/mol. The van der Waals surface area contributed by atoms with Crippen molar-refractivity contribution in [3.8, 4) is 34.3 Å². The van der Waals surface area contributed by atoms with Gasteiger partial charge in [-0.25, -0.2) is 0 Å². The Bertz CT molecular complexity index is 1540. The van der Waals surface area contributed by atoms with Gasteiger partial charge in [0.1, 0.15) is 83.2 Å². The van der Waals surface area contributed by atoms with Crippen molar-refractivity contribution in [1.29, 1.82) is 0 Å². The average Bonchev–Trinajstić information content (AvgIpc) is 2.97. The van der Waals surface area contributed by atoms with Crippen LogP contribution in [-0.4, -0.2) is 125 Å². The smallest absolute Gasteiger partial charge is 0.197 e. The van der Waals surface area contributed by atoms with E-state index in [1.165, 1.54) is 6.07 Å². The zero-order valence-corrected chi connectivity index (χ0v) is 22.0. The van der Waals surface area contributed by atoms with E-state index in [1.807, 2.05) is 0 Å². The molecule has 10 unspecified atom stereocenters. The third-order valence-corrected chi connectivity index (χ3v) is 7.56. The molecule has 2 saturated heterocycles. The number of ether oxygens (including phenoxy) is 3. The van der Waals surface area contributed by atoms with Gasteiger partial charge in [0.05, 0.1) is 18.8 Å². The predicted octanol–water partition coefficient (Wildman–Crippen LogP) is -2.38. The summed E-state index contributed by atoms with van der Waals surface area (Å²) in [5.41, 5.74) is -1.53. The number of hydrogen-bond acceptors (Lipinski definition) is 16. The maximum Gasteiger partial charge on any atom is 0.197 e. The first-order valence-electron chi connectivity index (χ1n) is 13.0. The molecule has 43 heavy (non-hydrogen) atoms. The molecule has 0 saturated carbocycles. The molecule has 234 valence electrons. The molecule has 0 amide bonds. The van der Waals surface area contributed by atoms with Gasteiger partial charge in [-0.05, 0) is 18.2 Å². The third kappa shape index (κ3) is 5.38. The number of aliphatic hydroxyl groups excluding tert-OH is 7. The normalized spacial score (nSPS) is 33.1. The number of benzene rings is 2. The molecule has 3 heterocycles. The Balaban J connectivity index is 1.59. The number of phenols is 4. The summed E-state index contributed by atoms with van der Waals surface area (Å²) in [6.45, 7) is -1.65. The van der Waals surface area contributed by atoms with E-state index >= 15 is 0 Å². The van der Waals surface area contributed by atoms with E-state index in [9.17, 15) is 61.0 Å². The fourth-order valence-electron chi connectivity index (χ4n) is 5.21. The fourth-order valence-corrected chi connectivity index (χ4v) is 5.21. The molecule has 2 fully saturated rings. The van der Waals surface area contributed by atoms with Crippen molar-refractivity contribution in [2.45, 2.75) is 61.2 Å². The zero-order chi connectivity index (χ0) is 31.3. The molecule has 0 radical (unpaired) electrons. The summed E-state index contributed by atoms with van der Waals surface area (Å²) in [5, 5.41) is 113. The molecule has 2 aliphatic heterocycles. The Morgan fingerprint density at radius 1 is 0.721 bits per heavy atom. The van der Waals surface area contributed by atoms with Gasteiger partial charge in [-0.3, -0.25) is 4.79 Å². The molecule has 16 nitrogen and oxygen atoms in total. The summed E-state index contributed by atoms with van der Waals surface area (Å²) in [4.78, 5) is 13.2. The second-order valence-electron chi connectivity index (χ2n) is 10.3. The molecule has 11 N–H and O–H groups in total. The van der Waals surface area contributed by atoms with Gasteiger partial charge in [-0.2, -0.15) is 0 Å². The van der Waals surface area contributed by atoms with Crippen LogP contribution in [-0.2, 0) is 14.2 Å². The number of fused-ring (bicyclic) bond motifs is 1. The van der Waals surface area contributed by atoms with Crippen molar-refractivity contribution in [3.63, 3.8) is 0 Å². The van der Waals surface area contributed by atoms with E-state index < -0.39 is 114 Å². The Hall–Kier alpha value is -3.55. The number of hydrogen-bond donors (Lipinski definition) is 11. The molecule has 2 aromatic carbocycles. The van der Waals surface area contributed by atoms with Crippen LogP contribution in [0.4, 0.5) is 0 Å². The summed E-state index contributed by atoms with van der Waals surface area (Å²) in [6.07, 6.45) is -17.6. The standard InChI is InChI=1S/C27H30O16/c28-6-15-20(35)23(38)26(43-27-24(39)22(37)19(34)16(7-29)42-27)25(41-15)18-12(33)5-14-17(21(18)36)11(32)4-13(40-14)8-1-2-9(30)10(31)3-8/h1-5,15-16,19-20,22-31,33-39H,6-7H2. The topological polar surface area (TPSA) is 280 Å². The summed E-state index contributed by atoms with van der Waals surface area (Å²) < 4.78 is 22.3. The lowest BCUT2D eigenvalue weighted by atomic mass is 9.89. The minimum Gasteiger partial charge on any atom is -0.507 e. The van der Waals surface area contributed by atoms with Gasteiger partial charge in [0, 0.05) is 17.7 Å². The SMILES string of the molecule is O=c1cc(-c2ccc(O)c(O)c2)oc2cc(O)c(C3OC(CO)C(O)C(O)C3OC3OC(CO)C(O)C(O)C3O)c(O)c12. The second-order valence-corrected chi connectivity index (χ2v) is 10.3. The summed E-state index contributed by atoms with van der Waals surface area (Å²) in [7, 11) is 0. The molecule has 0 aliphatic carbocycles. The van der Waals surface area contributed by atoms with Crippen LogP contribution in [0.5, 0.6) is 23.0 Å². The van der Waals surface area contributed by atoms with E-state index in [0.29, 0.717) is 0 Å². The predicted molar refractivity (Wildman–Crippen MR) is 140 cm³/mol. The first-order valence-corrected chi connectivity index (χ1v) is 13.0. The van der Waals surface area contributed by atoms with Crippen molar-refractivity contribution in [3.05, 3.63) is 46.1 Å². The van der Waals surface area contributed by atoms with Crippen LogP contribution in [0.1, 0.15) is 11.7 Å². The fraction of sp³-hybridized carbons (Fsp3) is 0.444. The highest BCUT2D eigenvalue weighted by molar-refractivity contribution is 5.88. The van der Waals surface area contributed by atoms with Gasteiger partial charge >= 0.3 is 0 Å². The van der Waals surface area contributed by atoms with Gasteiger partial charge in [-0.15, -0.1) is 0 Å².